The van der Waals surface area contributed by atoms with Crippen molar-refractivity contribution in [2.24, 2.45) is 11.7 Å². The summed E-state index contributed by atoms with van der Waals surface area (Å²) in [6.07, 6.45) is 1.88. The van der Waals surface area contributed by atoms with Gasteiger partial charge in [0.1, 0.15) is 11.2 Å². The first-order chi connectivity index (χ1) is 15.9. The molecule has 5 heteroatoms. The van der Waals surface area contributed by atoms with Crippen LogP contribution < -0.4 is 10.5 Å². The van der Waals surface area contributed by atoms with Gasteiger partial charge < -0.3 is 15.0 Å². The molecule has 1 heterocycles. The smallest absolute Gasteiger partial charge is 0.233 e. The number of hydrogen-bond donors (Lipinski definition) is 1. The molecule has 4 nitrogen and oxygen atoms in total. The Morgan fingerprint density at radius 1 is 1.00 bits per heavy atom. The largest absolute Gasteiger partial charge is 0.493 e. The molecular weight excluding hydrogens is 432 g/mol. The van der Waals surface area contributed by atoms with Crippen LogP contribution in [0.1, 0.15) is 24.0 Å². The number of rotatable bonds is 9. The number of carbonyl (C=O) groups excluding carboxylic acids is 1. The molecular formula is C28H32ClN2O2+. The number of nitrogens with two attached hydrogens (primary N) is 1. The molecule has 1 fully saturated rings. The van der Waals surface area contributed by atoms with Crippen molar-refractivity contribution in [2.75, 3.05) is 33.3 Å². The average molecular weight is 464 g/mol. The fourth-order valence-electron chi connectivity index (χ4n) is 5.43. The molecule has 1 amide bonds. The third-order valence-corrected chi connectivity index (χ3v) is 7.31. The Bertz CT molecular complexity index is 1020. The van der Waals surface area contributed by atoms with Crippen molar-refractivity contribution in [1.29, 1.82) is 0 Å². The van der Waals surface area contributed by atoms with Crippen molar-refractivity contribution in [3.8, 4) is 5.75 Å². The zero-order valence-electron chi connectivity index (χ0n) is 19.1. The van der Waals surface area contributed by atoms with Crippen molar-refractivity contribution < 1.29 is 14.0 Å². The molecule has 0 saturated carbocycles. The van der Waals surface area contributed by atoms with Gasteiger partial charge in [0.25, 0.3) is 0 Å². The molecule has 2 atom stereocenters. The molecule has 33 heavy (non-hydrogen) atoms. The Morgan fingerprint density at radius 3 is 2.12 bits per heavy atom. The molecule has 3 aromatic rings. The molecule has 0 bridgehead atoms. The van der Waals surface area contributed by atoms with Crippen LogP contribution in [0.2, 0.25) is 5.02 Å². The van der Waals surface area contributed by atoms with Crippen LogP contribution in [-0.4, -0.2) is 43.7 Å². The molecule has 172 valence electrons. The van der Waals surface area contributed by atoms with Crippen LogP contribution in [0.5, 0.6) is 5.75 Å². The monoisotopic (exact) mass is 463 g/mol. The molecule has 3 aromatic carbocycles. The summed E-state index contributed by atoms with van der Waals surface area (Å²) in [4.78, 5) is 13.2. The Balaban J connectivity index is 1.51. The molecule has 2 N–H and O–H groups in total. The first kappa shape index (κ1) is 23.3. The fourth-order valence-corrected chi connectivity index (χ4v) is 5.56. The summed E-state index contributed by atoms with van der Waals surface area (Å²) in [5.41, 5.74) is 7.35. The third-order valence-electron chi connectivity index (χ3n) is 7.06. The summed E-state index contributed by atoms with van der Waals surface area (Å²) in [6, 6.07) is 27.6. The van der Waals surface area contributed by atoms with Crippen LogP contribution in [-0.2, 0) is 10.2 Å². The maximum Gasteiger partial charge on any atom is 0.233 e. The van der Waals surface area contributed by atoms with E-state index in [9.17, 15) is 4.79 Å². The molecule has 0 aromatic heterocycles. The lowest BCUT2D eigenvalue weighted by Gasteiger charge is -2.38. The minimum atomic E-state index is -0.835. The summed E-state index contributed by atoms with van der Waals surface area (Å²) in [6.45, 7) is 3.55. The highest BCUT2D eigenvalue weighted by molar-refractivity contribution is 6.30. The predicted octanol–water partition coefficient (Wildman–Crippen LogP) is 5.05. The highest BCUT2D eigenvalue weighted by atomic mass is 35.5. The van der Waals surface area contributed by atoms with E-state index in [0.29, 0.717) is 11.6 Å². The third kappa shape index (κ3) is 4.92. The standard InChI is InChI=1S/C28H31ClN2O2/c1-31(18-8-20-33-26-15-13-25(29)14-16-26)19-17-24(21-31)28(27(30)32,22-9-4-2-5-10-22)23-11-6-3-7-12-23/h2-7,9-16,24H,8,17-21H2,1H3,(H-,30,32)/p+1/t24?,31-/m1/s1. The molecule has 1 aliphatic rings. The van der Waals surface area contributed by atoms with E-state index in [4.69, 9.17) is 22.1 Å². The lowest BCUT2D eigenvalue weighted by molar-refractivity contribution is -0.899. The van der Waals surface area contributed by atoms with E-state index in [0.717, 1.165) is 53.8 Å². The zero-order valence-corrected chi connectivity index (χ0v) is 19.9. The fraction of sp³-hybridized carbons (Fsp3) is 0.321. The van der Waals surface area contributed by atoms with E-state index in [1.165, 1.54) is 0 Å². The normalized spacial score (nSPS) is 20.5. The van der Waals surface area contributed by atoms with E-state index in [-0.39, 0.29) is 11.8 Å². The van der Waals surface area contributed by atoms with Crippen LogP contribution >= 0.6 is 11.6 Å². The number of hydrogen-bond acceptors (Lipinski definition) is 2. The maximum absolute atomic E-state index is 13.2. The number of carbonyl (C=O) groups is 1. The Hall–Kier alpha value is -2.82. The van der Waals surface area contributed by atoms with Gasteiger partial charge in [-0.1, -0.05) is 72.3 Å². The SMILES string of the molecule is C[N@@+]1(CCCOc2ccc(Cl)cc2)CCC(C(C(N)=O)(c2ccccc2)c2ccccc2)C1. The van der Waals surface area contributed by atoms with Gasteiger partial charge in [0.2, 0.25) is 5.91 Å². The average Bonchev–Trinajstić information content (AvgIpc) is 3.22. The summed E-state index contributed by atoms with van der Waals surface area (Å²) in [7, 11) is 2.28. The van der Waals surface area contributed by atoms with E-state index in [1.807, 2.05) is 84.9 Å². The van der Waals surface area contributed by atoms with Crippen molar-refractivity contribution in [3.63, 3.8) is 0 Å². The topological polar surface area (TPSA) is 52.3 Å². The molecule has 0 radical (unpaired) electrons. The van der Waals surface area contributed by atoms with Crippen molar-refractivity contribution in [2.45, 2.75) is 18.3 Å². The second-order valence-electron chi connectivity index (χ2n) is 9.30. The quantitative estimate of drug-likeness (QED) is 0.356. The summed E-state index contributed by atoms with van der Waals surface area (Å²) in [5.74, 6) is 0.689. The summed E-state index contributed by atoms with van der Waals surface area (Å²) < 4.78 is 6.80. The van der Waals surface area contributed by atoms with Gasteiger partial charge >= 0.3 is 0 Å². The van der Waals surface area contributed by atoms with E-state index in [1.54, 1.807) is 0 Å². The van der Waals surface area contributed by atoms with Crippen LogP contribution in [0.15, 0.2) is 84.9 Å². The summed E-state index contributed by atoms with van der Waals surface area (Å²) >= 11 is 5.95. The van der Waals surface area contributed by atoms with Gasteiger partial charge in [-0.05, 0) is 35.4 Å². The van der Waals surface area contributed by atoms with E-state index >= 15 is 0 Å². The maximum atomic E-state index is 13.2. The van der Waals surface area contributed by atoms with E-state index < -0.39 is 5.41 Å². The molecule has 0 aliphatic carbocycles. The van der Waals surface area contributed by atoms with Crippen LogP contribution in [0.25, 0.3) is 0 Å². The van der Waals surface area contributed by atoms with Crippen molar-refractivity contribution in [3.05, 3.63) is 101 Å². The minimum Gasteiger partial charge on any atom is -0.493 e. The highest BCUT2D eigenvalue weighted by Gasteiger charge is 2.53. The van der Waals surface area contributed by atoms with Gasteiger partial charge in [0, 0.05) is 23.8 Å². The highest BCUT2D eigenvalue weighted by Crippen LogP contribution is 2.45. The molecule has 4 rings (SSSR count). The lowest BCUT2D eigenvalue weighted by atomic mass is 9.64. The Labute approximate surface area is 201 Å². The second-order valence-corrected chi connectivity index (χ2v) is 9.73. The number of amides is 1. The first-order valence-electron chi connectivity index (χ1n) is 11.6. The van der Waals surface area contributed by atoms with Crippen LogP contribution in [0.3, 0.4) is 0 Å². The number of primary amides is 1. The Kier molecular flexibility index (Phi) is 7.06. The molecule has 0 spiro atoms. The number of ether oxygens (including phenoxy) is 1. The van der Waals surface area contributed by atoms with Gasteiger partial charge in [-0.25, -0.2) is 0 Å². The number of quaternary nitrogens is 1. The minimum absolute atomic E-state index is 0.127. The number of nitrogens with zero attached hydrogens (tertiary/aromatic N) is 1. The first-order valence-corrected chi connectivity index (χ1v) is 11.9. The lowest BCUT2D eigenvalue weighted by Crippen LogP contribution is -2.51. The molecule has 1 aliphatic heterocycles. The second kappa shape index (κ2) is 9.98. The van der Waals surface area contributed by atoms with Crippen molar-refractivity contribution in [1.82, 2.24) is 0 Å². The molecule has 1 saturated heterocycles. The van der Waals surface area contributed by atoms with Crippen LogP contribution in [0.4, 0.5) is 0 Å². The van der Waals surface area contributed by atoms with E-state index in [2.05, 4.69) is 7.05 Å². The predicted molar refractivity (Wildman–Crippen MR) is 133 cm³/mol. The van der Waals surface area contributed by atoms with Gasteiger partial charge in [0.15, 0.2) is 0 Å². The zero-order chi connectivity index (χ0) is 23.3. The van der Waals surface area contributed by atoms with Crippen LogP contribution in [0, 0.1) is 5.92 Å². The van der Waals surface area contributed by atoms with Gasteiger partial charge in [-0.3, -0.25) is 4.79 Å². The van der Waals surface area contributed by atoms with Gasteiger partial charge in [-0.2, -0.15) is 0 Å². The molecule has 1 unspecified atom stereocenters. The number of likely N-dealkylation sites (tertiary alicyclic amines) is 1. The number of benzene rings is 3. The van der Waals surface area contributed by atoms with Crippen molar-refractivity contribution >= 4 is 17.5 Å². The Morgan fingerprint density at radius 2 is 1.58 bits per heavy atom. The summed E-state index contributed by atoms with van der Waals surface area (Å²) in [5, 5.41) is 0.707. The van der Waals surface area contributed by atoms with Gasteiger partial charge in [0.05, 0.1) is 33.3 Å². The number of halogens is 1. The van der Waals surface area contributed by atoms with Gasteiger partial charge in [-0.15, -0.1) is 0 Å².